The molecule has 0 unspecified atom stereocenters. The molecule has 0 aliphatic carbocycles. The summed E-state index contributed by atoms with van der Waals surface area (Å²) in [6, 6.07) is 7.09. The summed E-state index contributed by atoms with van der Waals surface area (Å²) in [6.07, 6.45) is 0. The number of halogens is 3. The molecular weight excluding hydrogens is 288 g/mol. The van der Waals surface area contributed by atoms with Gasteiger partial charge < -0.3 is 5.73 Å². The third-order valence-corrected chi connectivity index (χ3v) is 3.33. The zero-order valence-corrected chi connectivity index (χ0v) is 11.5. The Morgan fingerprint density at radius 3 is 2.32 bits per heavy atom. The fourth-order valence-electron chi connectivity index (χ4n) is 1.68. The van der Waals surface area contributed by atoms with Crippen molar-refractivity contribution in [3.63, 3.8) is 0 Å². The van der Waals surface area contributed by atoms with Crippen LogP contribution in [0.25, 0.3) is 0 Å². The van der Waals surface area contributed by atoms with Gasteiger partial charge in [-0.15, -0.1) is 0 Å². The van der Waals surface area contributed by atoms with Crippen LogP contribution in [0.15, 0.2) is 30.3 Å². The molecule has 0 bridgehead atoms. The maximum atomic E-state index is 13.7. The predicted molar refractivity (Wildman–Crippen MR) is 75.4 cm³/mol. The molecular formula is C14H10Cl2FNO. The summed E-state index contributed by atoms with van der Waals surface area (Å²) >= 11 is 11.7. The van der Waals surface area contributed by atoms with Gasteiger partial charge in [0.25, 0.3) is 0 Å². The van der Waals surface area contributed by atoms with Gasteiger partial charge in [-0.05, 0) is 31.2 Å². The van der Waals surface area contributed by atoms with Crippen LogP contribution in [0.5, 0.6) is 0 Å². The number of benzene rings is 2. The van der Waals surface area contributed by atoms with E-state index in [9.17, 15) is 9.18 Å². The lowest BCUT2D eigenvalue weighted by Gasteiger charge is -2.07. The van der Waals surface area contributed by atoms with Gasteiger partial charge in [0.1, 0.15) is 5.82 Å². The fraction of sp³-hybridized carbons (Fsp3) is 0.0714. The molecule has 19 heavy (non-hydrogen) atoms. The van der Waals surface area contributed by atoms with Crippen molar-refractivity contribution in [1.29, 1.82) is 0 Å². The molecule has 2 nitrogen and oxygen atoms in total. The Morgan fingerprint density at radius 2 is 1.74 bits per heavy atom. The van der Waals surface area contributed by atoms with E-state index in [0.29, 0.717) is 0 Å². The minimum atomic E-state index is -0.584. The molecule has 5 heteroatoms. The van der Waals surface area contributed by atoms with Crippen molar-refractivity contribution in [2.75, 3.05) is 5.73 Å². The van der Waals surface area contributed by atoms with E-state index in [-0.39, 0.29) is 26.9 Å². The largest absolute Gasteiger partial charge is 0.396 e. The van der Waals surface area contributed by atoms with E-state index >= 15 is 0 Å². The first-order valence-corrected chi connectivity index (χ1v) is 6.21. The molecule has 0 spiro atoms. The van der Waals surface area contributed by atoms with E-state index in [1.807, 2.05) is 0 Å². The summed E-state index contributed by atoms with van der Waals surface area (Å²) in [5.41, 5.74) is 6.77. The molecule has 0 heterocycles. The van der Waals surface area contributed by atoms with Gasteiger partial charge in [-0.3, -0.25) is 4.79 Å². The Labute approximate surface area is 119 Å². The Morgan fingerprint density at radius 1 is 1.16 bits per heavy atom. The standard InChI is InChI=1S/C14H10Cl2FNO/c1-7-2-3-12(17)9(4-7)14(19)8-5-10(15)13(18)11(16)6-8/h2-6H,18H2,1H3. The van der Waals surface area contributed by atoms with Gasteiger partial charge in [-0.25, -0.2) is 4.39 Å². The van der Waals surface area contributed by atoms with Gasteiger partial charge in [0, 0.05) is 5.56 Å². The second-order valence-corrected chi connectivity index (χ2v) is 4.98. The maximum absolute atomic E-state index is 13.7. The Balaban J connectivity index is 2.53. The number of anilines is 1. The molecule has 0 amide bonds. The normalized spacial score (nSPS) is 10.5. The minimum absolute atomic E-state index is 0.0168. The molecule has 0 radical (unpaired) electrons. The van der Waals surface area contributed by atoms with Gasteiger partial charge in [-0.1, -0.05) is 34.8 Å². The van der Waals surface area contributed by atoms with Crippen molar-refractivity contribution in [2.24, 2.45) is 0 Å². The number of ketones is 1. The minimum Gasteiger partial charge on any atom is -0.396 e. The number of carbonyl (C=O) groups excluding carboxylic acids is 1. The number of rotatable bonds is 2. The molecule has 0 atom stereocenters. The smallest absolute Gasteiger partial charge is 0.196 e. The lowest BCUT2D eigenvalue weighted by Crippen LogP contribution is -2.05. The summed E-state index contributed by atoms with van der Waals surface area (Å²) in [5.74, 6) is -1.07. The highest BCUT2D eigenvalue weighted by molar-refractivity contribution is 6.39. The number of nitrogens with two attached hydrogens (primary N) is 1. The van der Waals surface area contributed by atoms with E-state index < -0.39 is 11.6 Å². The predicted octanol–water partition coefficient (Wildman–Crippen LogP) is 4.25. The topological polar surface area (TPSA) is 43.1 Å². The van der Waals surface area contributed by atoms with Crippen LogP contribution < -0.4 is 5.73 Å². The third-order valence-electron chi connectivity index (χ3n) is 2.71. The second-order valence-electron chi connectivity index (χ2n) is 4.17. The van der Waals surface area contributed by atoms with Crippen LogP contribution in [-0.4, -0.2) is 5.78 Å². The SMILES string of the molecule is Cc1ccc(F)c(C(=O)c2cc(Cl)c(N)c(Cl)c2)c1. The fourth-order valence-corrected chi connectivity index (χ4v) is 2.17. The van der Waals surface area contributed by atoms with E-state index in [0.717, 1.165) is 5.56 Å². The van der Waals surface area contributed by atoms with E-state index in [1.54, 1.807) is 13.0 Å². The first-order chi connectivity index (χ1) is 8.90. The molecule has 2 rings (SSSR count). The summed E-state index contributed by atoms with van der Waals surface area (Å²) in [5, 5.41) is 0.341. The van der Waals surface area contributed by atoms with Crippen molar-refractivity contribution in [2.45, 2.75) is 6.92 Å². The summed E-state index contributed by atoms with van der Waals surface area (Å²) in [7, 11) is 0. The molecule has 0 fully saturated rings. The number of hydrogen-bond acceptors (Lipinski definition) is 2. The number of nitrogen functional groups attached to an aromatic ring is 1. The van der Waals surface area contributed by atoms with E-state index in [4.69, 9.17) is 28.9 Å². The Kier molecular flexibility index (Phi) is 3.78. The van der Waals surface area contributed by atoms with Crippen LogP contribution in [0, 0.1) is 12.7 Å². The van der Waals surface area contributed by atoms with Crippen molar-refractivity contribution in [3.05, 3.63) is 62.9 Å². The Hall–Kier alpha value is -1.58. The number of hydrogen-bond donors (Lipinski definition) is 1. The van der Waals surface area contributed by atoms with Gasteiger partial charge >= 0.3 is 0 Å². The van der Waals surface area contributed by atoms with Crippen molar-refractivity contribution in [1.82, 2.24) is 0 Å². The van der Waals surface area contributed by atoms with Crippen molar-refractivity contribution < 1.29 is 9.18 Å². The van der Waals surface area contributed by atoms with Crippen molar-refractivity contribution >= 4 is 34.7 Å². The Bertz CT molecular complexity index is 647. The maximum Gasteiger partial charge on any atom is 0.196 e. The van der Waals surface area contributed by atoms with Crippen LogP contribution in [0.2, 0.25) is 10.0 Å². The molecule has 0 saturated carbocycles. The molecule has 2 N–H and O–H groups in total. The first kappa shape index (κ1) is 13.8. The van der Waals surface area contributed by atoms with Gasteiger partial charge in [0.15, 0.2) is 5.78 Å². The summed E-state index contributed by atoms with van der Waals surface area (Å²) in [6.45, 7) is 1.78. The highest BCUT2D eigenvalue weighted by Gasteiger charge is 2.16. The third kappa shape index (κ3) is 2.72. The zero-order chi connectivity index (χ0) is 14.2. The van der Waals surface area contributed by atoms with Crippen LogP contribution >= 0.6 is 23.2 Å². The molecule has 0 aromatic heterocycles. The molecule has 0 saturated heterocycles. The number of aryl methyl sites for hydroxylation is 1. The van der Waals surface area contributed by atoms with Crippen LogP contribution in [0.1, 0.15) is 21.5 Å². The summed E-state index contributed by atoms with van der Waals surface area (Å²) < 4.78 is 13.7. The quantitative estimate of drug-likeness (QED) is 0.665. The highest BCUT2D eigenvalue weighted by Crippen LogP contribution is 2.30. The summed E-state index contributed by atoms with van der Waals surface area (Å²) in [4.78, 5) is 12.2. The lowest BCUT2D eigenvalue weighted by molar-refractivity contribution is 0.103. The monoisotopic (exact) mass is 297 g/mol. The molecule has 2 aromatic carbocycles. The van der Waals surface area contributed by atoms with Gasteiger partial charge in [0.2, 0.25) is 0 Å². The van der Waals surface area contributed by atoms with Crippen LogP contribution in [-0.2, 0) is 0 Å². The molecule has 2 aromatic rings. The van der Waals surface area contributed by atoms with Crippen LogP contribution in [0.4, 0.5) is 10.1 Å². The van der Waals surface area contributed by atoms with Crippen LogP contribution in [0.3, 0.4) is 0 Å². The van der Waals surface area contributed by atoms with E-state index in [1.165, 1.54) is 24.3 Å². The zero-order valence-electron chi connectivity index (χ0n) is 10.0. The second kappa shape index (κ2) is 5.19. The highest BCUT2D eigenvalue weighted by atomic mass is 35.5. The number of carbonyl (C=O) groups is 1. The van der Waals surface area contributed by atoms with Gasteiger partial charge in [-0.2, -0.15) is 0 Å². The molecule has 0 aliphatic rings. The van der Waals surface area contributed by atoms with E-state index in [2.05, 4.69) is 0 Å². The molecule has 98 valence electrons. The lowest BCUT2D eigenvalue weighted by atomic mass is 10.0. The molecule has 0 aliphatic heterocycles. The van der Waals surface area contributed by atoms with Crippen molar-refractivity contribution in [3.8, 4) is 0 Å². The van der Waals surface area contributed by atoms with Gasteiger partial charge in [0.05, 0.1) is 21.3 Å². The average molecular weight is 298 g/mol. The first-order valence-electron chi connectivity index (χ1n) is 5.45. The average Bonchev–Trinajstić information content (AvgIpc) is 2.37.